The van der Waals surface area contributed by atoms with Gasteiger partial charge < -0.3 is 10.6 Å². The number of primary amides is 1. The molecule has 7 heteroatoms. The molecule has 2 N–H and O–H groups in total. The quantitative estimate of drug-likeness (QED) is 0.735. The van der Waals surface area contributed by atoms with E-state index in [4.69, 9.17) is 10.7 Å². The maximum absolute atomic E-state index is 11.9. The Labute approximate surface area is 163 Å². The number of amides is 1. The van der Waals surface area contributed by atoms with E-state index in [0.717, 1.165) is 35.0 Å². The van der Waals surface area contributed by atoms with Gasteiger partial charge in [-0.2, -0.15) is 0 Å². The summed E-state index contributed by atoms with van der Waals surface area (Å²) in [6, 6.07) is 14.6. The van der Waals surface area contributed by atoms with E-state index >= 15 is 0 Å². The Morgan fingerprint density at radius 2 is 1.75 bits per heavy atom. The molecule has 2 aromatic carbocycles. The summed E-state index contributed by atoms with van der Waals surface area (Å²) in [6.07, 6.45) is 2.71. The average molecular weight is 395 g/mol. The average Bonchev–Trinajstić information content (AvgIpc) is 2.88. The van der Waals surface area contributed by atoms with E-state index in [1.165, 1.54) is 6.26 Å². The second-order valence-electron chi connectivity index (χ2n) is 7.10. The number of carbonyl (C=O) groups is 1. The molecular formula is C21H21N3O3S. The summed E-state index contributed by atoms with van der Waals surface area (Å²) in [4.78, 5) is 19.1. The van der Waals surface area contributed by atoms with Gasteiger partial charge in [-0.15, -0.1) is 0 Å². The Bertz CT molecular complexity index is 1190. The van der Waals surface area contributed by atoms with Crippen molar-refractivity contribution in [1.82, 2.24) is 4.98 Å². The van der Waals surface area contributed by atoms with Crippen LogP contribution in [0.15, 0.2) is 53.4 Å². The van der Waals surface area contributed by atoms with Crippen molar-refractivity contribution in [2.45, 2.75) is 17.7 Å². The van der Waals surface area contributed by atoms with E-state index in [2.05, 4.69) is 4.90 Å². The minimum absolute atomic E-state index is 0.347. The predicted molar refractivity (Wildman–Crippen MR) is 109 cm³/mol. The molecule has 144 valence electrons. The summed E-state index contributed by atoms with van der Waals surface area (Å²) < 4.78 is 23.7. The van der Waals surface area contributed by atoms with Crippen molar-refractivity contribution in [2.24, 2.45) is 5.73 Å². The number of para-hydroxylation sites is 1. The lowest BCUT2D eigenvalue weighted by atomic mass is 10.0. The van der Waals surface area contributed by atoms with E-state index in [1.807, 2.05) is 30.3 Å². The largest absolute Gasteiger partial charge is 0.366 e. The number of aromatic nitrogens is 1. The fourth-order valence-electron chi connectivity index (χ4n) is 3.69. The number of anilines is 1. The van der Waals surface area contributed by atoms with Crippen LogP contribution < -0.4 is 10.6 Å². The lowest BCUT2D eigenvalue weighted by Gasteiger charge is -2.22. The third-order valence-corrected chi connectivity index (χ3v) is 6.31. The van der Waals surface area contributed by atoms with Crippen LogP contribution in [0.4, 0.5) is 5.82 Å². The molecule has 0 spiro atoms. The van der Waals surface area contributed by atoms with Crippen molar-refractivity contribution in [3.63, 3.8) is 0 Å². The summed E-state index contributed by atoms with van der Waals surface area (Å²) >= 11 is 0. The van der Waals surface area contributed by atoms with Crippen LogP contribution in [0.25, 0.3) is 10.9 Å². The van der Waals surface area contributed by atoms with Crippen molar-refractivity contribution < 1.29 is 13.2 Å². The number of carbonyl (C=O) groups excluding carboxylic acids is 1. The van der Waals surface area contributed by atoms with Gasteiger partial charge in [0.2, 0.25) is 5.91 Å². The van der Waals surface area contributed by atoms with Crippen LogP contribution in [0.2, 0.25) is 0 Å². The van der Waals surface area contributed by atoms with Gasteiger partial charge in [-0.3, -0.25) is 4.79 Å². The van der Waals surface area contributed by atoms with Crippen LogP contribution >= 0.6 is 0 Å². The van der Waals surface area contributed by atoms with Crippen LogP contribution in [0.1, 0.15) is 21.5 Å². The molecule has 0 bridgehead atoms. The number of hydrogen-bond acceptors (Lipinski definition) is 5. The first-order valence-corrected chi connectivity index (χ1v) is 11.0. The topological polar surface area (TPSA) is 93.4 Å². The molecule has 4 rings (SSSR count). The second-order valence-corrected chi connectivity index (χ2v) is 9.11. The highest BCUT2D eigenvalue weighted by atomic mass is 32.2. The first-order valence-electron chi connectivity index (χ1n) is 9.09. The molecule has 1 aromatic heterocycles. The number of sulfone groups is 1. The number of fused-ring (bicyclic) bond motifs is 2. The number of nitrogens with zero attached hydrogens (tertiary/aromatic N) is 2. The maximum atomic E-state index is 11.9. The Balaban J connectivity index is 1.69. The van der Waals surface area contributed by atoms with Crippen LogP contribution in [0, 0.1) is 0 Å². The van der Waals surface area contributed by atoms with Crippen molar-refractivity contribution in [3.8, 4) is 0 Å². The Hall–Kier alpha value is -2.93. The number of benzene rings is 2. The minimum Gasteiger partial charge on any atom is -0.366 e. The summed E-state index contributed by atoms with van der Waals surface area (Å²) in [5.74, 6) is 0.236. The first kappa shape index (κ1) is 18.4. The fourth-order valence-corrected chi connectivity index (χ4v) is 4.36. The first-order chi connectivity index (χ1) is 13.3. The predicted octanol–water partition coefficient (Wildman–Crippen LogP) is 2.34. The van der Waals surface area contributed by atoms with Gasteiger partial charge in [0.1, 0.15) is 5.82 Å². The standard InChI is InChI=1S/C21H21N3O3S/c1-28(26,27)16-7-6-14-8-10-24(11-9-15(14)12-16)20-13-18(21(22)25)17-4-2-3-5-19(17)23-20/h2-7,12-13H,8-11H2,1H3,(H2,22,25). The van der Waals surface area contributed by atoms with Gasteiger partial charge in [-0.1, -0.05) is 24.3 Å². The third kappa shape index (κ3) is 3.45. The lowest BCUT2D eigenvalue weighted by molar-refractivity contribution is 0.100. The maximum Gasteiger partial charge on any atom is 0.249 e. The number of pyridine rings is 1. The van der Waals surface area contributed by atoms with E-state index in [9.17, 15) is 13.2 Å². The Morgan fingerprint density at radius 3 is 2.46 bits per heavy atom. The Kier molecular flexibility index (Phi) is 4.55. The lowest BCUT2D eigenvalue weighted by Crippen LogP contribution is -2.27. The molecule has 0 aliphatic carbocycles. The highest BCUT2D eigenvalue weighted by molar-refractivity contribution is 7.90. The molecular weight excluding hydrogens is 374 g/mol. The molecule has 0 saturated carbocycles. The molecule has 0 atom stereocenters. The molecule has 1 aliphatic heterocycles. The minimum atomic E-state index is -3.23. The van der Waals surface area contributed by atoms with Gasteiger partial charge in [0.25, 0.3) is 0 Å². The Morgan fingerprint density at radius 1 is 1.04 bits per heavy atom. The van der Waals surface area contributed by atoms with E-state index in [0.29, 0.717) is 29.2 Å². The molecule has 0 fully saturated rings. The van der Waals surface area contributed by atoms with E-state index in [-0.39, 0.29) is 0 Å². The normalized spacial score (nSPS) is 14.5. The highest BCUT2D eigenvalue weighted by Gasteiger charge is 2.19. The monoisotopic (exact) mass is 395 g/mol. The van der Waals surface area contributed by atoms with Crippen molar-refractivity contribution in [3.05, 3.63) is 65.2 Å². The summed E-state index contributed by atoms with van der Waals surface area (Å²) in [7, 11) is -3.23. The number of rotatable bonds is 3. The molecule has 28 heavy (non-hydrogen) atoms. The SMILES string of the molecule is CS(=O)(=O)c1ccc2c(c1)CCN(c1cc(C(N)=O)c3ccccc3n1)CC2. The van der Waals surface area contributed by atoms with Gasteiger partial charge in [-0.05, 0) is 48.2 Å². The molecule has 1 amide bonds. The molecule has 1 aliphatic rings. The smallest absolute Gasteiger partial charge is 0.249 e. The molecule has 0 radical (unpaired) electrons. The van der Waals surface area contributed by atoms with Gasteiger partial charge >= 0.3 is 0 Å². The molecule has 6 nitrogen and oxygen atoms in total. The van der Waals surface area contributed by atoms with Crippen LogP contribution in [0.3, 0.4) is 0 Å². The van der Waals surface area contributed by atoms with Crippen molar-refractivity contribution >= 4 is 32.5 Å². The molecule has 3 aromatic rings. The van der Waals surface area contributed by atoms with Crippen molar-refractivity contribution in [1.29, 1.82) is 0 Å². The second kappa shape index (κ2) is 6.91. The molecule has 2 heterocycles. The number of nitrogens with two attached hydrogens (primary N) is 1. The number of hydrogen-bond donors (Lipinski definition) is 1. The van der Waals surface area contributed by atoms with E-state index in [1.54, 1.807) is 18.2 Å². The van der Waals surface area contributed by atoms with Crippen LogP contribution in [0.5, 0.6) is 0 Å². The van der Waals surface area contributed by atoms with Gasteiger partial charge in [-0.25, -0.2) is 13.4 Å². The van der Waals surface area contributed by atoms with Gasteiger partial charge in [0.05, 0.1) is 16.0 Å². The highest BCUT2D eigenvalue weighted by Crippen LogP contribution is 2.26. The summed E-state index contributed by atoms with van der Waals surface area (Å²) in [5.41, 5.74) is 8.97. The van der Waals surface area contributed by atoms with E-state index < -0.39 is 15.7 Å². The van der Waals surface area contributed by atoms with Crippen LogP contribution in [-0.2, 0) is 22.7 Å². The molecule has 0 saturated heterocycles. The molecule has 0 unspecified atom stereocenters. The summed E-state index contributed by atoms with van der Waals surface area (Å²) in [6.45, 7) is 1.42. The van der Waals surface area contributed by atoms with Crippen molar-refractivity contribution in [2.75, 3.05) is 24.2 Å². The van der Waals surface area contributed by atoms with Gasteiger partial charge in [0, 0.05) is 24.7 Å². The van der Waals surface area contributed by atoms with Gasteiger partial charge in [0.15, 0.2) is 9.84 Å². The third-order valence-electron chi connectivity index (χ3n) is 5.20. The zero-order valence-electron chi connectivity index (χ0n) is 15.6. The van der Waals surface area contributed by atoms with Crippen LogP contribution in [-0.4, -0.2) is 38.7 Å². The fraction of sp³-hybridized carbons (Fsp3) is 0.238. The summed E-state index contributed by atoms with van der Waals surface area (Å²) in [5, 5.41) is 0.745. The zero-order chi connectivity index (χ0) is 19.9. The zero-order valence-corrected chi connectivity index (χ0v) is 16.4.